The first kappa shape index (κ1) is 20.8. The topological polar surface area (TPSA) is 36.4 Å². The fourth-order valence-electron chi connectivity index (χ4n) is 2.84. The number of hydrogen-bond donors (Lipinski definition) is 0. The predicted molar refractivity (Wildman–Crippen MR) is 122 cm³/mol. The Hall–Kier alpha value is -1.89. The molecule has 1 heterocycles. The average Bonchev–Trinajstić information content (AvgIpc) is 3.08. The van der Waals surface area contributed by atoms with Crippen LogP contribution in [0.25, 0.3) is 10.2 Å². The predicted octanol–water partition coefficient (Wildman–Crippen LogP) is 4.99. The summed E-state index contributed by atoms with van der Waals surface area (Å²) >= 11 is 3.33. The number of amides is 1. The Labute approximate surface area is 175 Å². The molecule has 0 fully saturated rings. The lowest BCUT2D eigenvalue weighted by atomic mass is 10.2. The SMILES string of the molecule is Cc1ccc(SCCC(=O)N(CCN(C)C)c2nc3c(C)cccc3s2)cc1. The Kier molecular flexibility index (Phi) is 7.10. The van der Waals surface area contributed by atoms with Crippen LogP contribution >= 0.6 is 23.1 Å². The number of benzene rings is 2. The number of carbonyl (C=O) groups is 1. The van der Waals surface area contributed by atoms with Gasteiger partial charge in [-0.15, -0.1) is 11.8 Å². The summed E-state index contributed by atoms with van der Waals surface area (Å²) < 4.78 is 1.13. The largest absolute Gasteiger partial charge is 0.308 e. The third kappa shape index (κ3) is 5.34. The summed E-state index contributed by atoms with van der Waals surface area (Å²) in [6.45, 7) is 5.61. The van der Waals surface area contributed by atoms with Gasteiger partial charge >= 0.3 is 0 Å². The summed E-state index contributed by atoms with van der Waals surface area (Å²) in [5.74, 6) is 0.905. The molecule has 0 bridgehead atoms. The van der Waals surface area contributed by atoms with Gasteiger partial charge in [0.1, 0.15) is 0 Å². The van der Waals surface area contributed by atoms with Gasteiger partial charge in [0.25, 0.3) is 0 Å². The third-order valence-corrected chi connectivity index (χ3v) is 6.58. The van der Waals surface area contributed by atoms with Gasteiger partial charge < -0.3 is 4.90 Å². The van der Waals surface area contributed by atoms with Gasteiger partial charge in [-0.05, 0) is 51.7 Å². The molecule has 0 radical (unpaired) electrons. The van der Waals surface area contributed by atoms with Gasteiger partial charge in [0.15, 0.2) is 5.13 Å². The Morgan fingerprint density at radius 3 is 2.50 bits per heavy atom. The van der Waals surface area contributed by atoms with E-state index in [9.17, 15) is 4.79 Å². The maximum atomic E-state index is 13.0. The zero-order chi connectivity index (χ0) is 20.1. The van der Waals surface area contributed by atoms with E-state index >= 15 is 0 Å². The highest BCUT2D eigenvalue weighted by Gasteiger charge is 2.20. The molecule has 148 valence electrons. The van der Waals surface area contributed by atoms with E-state index in [1.807, 2.05) is 25.1 Å². The molecule has 2 aromatic carbocycles. The van der Waals surface area contributed by atoms with E-state index in [4.69, 9.17) is 4.98 Å². The number of carbonyl (C=O) groups excluding carboxylic acids is 1. The first-order valence-corrected chi connectivity index (χ1v) is 11.2. The molecule has 0 atom stereocenters. The van der Waals surface area contributed by atoms with Crippen LogP contribution < -0.4 is 4.90 Å². The summed E-state index contributed by atoms with van der Waals surface area (Å²) in [7, 11) is 4.05. The van der Waals surface area contributed by atoms with E-state index in [0.717, 1.165) is 33.2 Å². The lowest BCUT2D eigenvalue weighted by Crippen LogP contribution is -2.36. The van der Waals surface area contributed by atoms with E-state index in [1.54, 1.807) is 23.1 Å². The lowest BCUT2D eigenvalue weighted by Gasteiger charge is -2.22. The van der Waals surface area contributed by atoms with Crippen LogP contribution in [0.1, 0.15) is 17.5 Å². The second kappa shape index (κ2) is 9.54. The molecule has 0 unspecified atom stereocenters. The highest BCUT2D eigenvalue weighted by Crippen LogP contribution is 2.31. The van der Waals surface area contributed by atoms with Crippen LogP contribution in [0.15, 0.2) is 47.4 Å². The summed E-state index contributed by atoms with van der Waals surface area (Å²) in [5.41, 5.74) is 3.40. The first-order valence-electron chi connectivity index (χ1n) is 9.45. The van der Waals surface area contributed by atoms with Crippen molar-refractivity contribution in [1.82, 2.24) is 9.88 Å². The quantitative estimate of drug-likeness (QED) is 0.488. The van der Waals surface area contributed by atoms with Crippen LogP contribution in [0.2, 0.25) is 0 Å². The van der Waals surface area contributed by atoms with Gasteiger partial charge in [0.05, 0.1) is 10.2 Å². The van der Waals surface area contributed by atoms with Crippen molar-refractivity contribution >= 4 is 44.4 Å². The van der Waals surface area contributed by atoms with Crippen molar-refractivity contribution in [2.45, 2.75) is 25.2 Å². The van der Waals surface area contributed by atoms with Crippen molar-refractivity contribution in [2.24, 2.45) is 0 Å². The number of thiazole rings is 1. The van der Waals surface area contributed by atoms with Crippen molar-refractivity contribution in [1.29, 1.82) is 0 Å². The number of para-hydroxylation sites is 1. The van der Waals surface area contributed by atoms with Gasteiger partial charge in [-0.3, -0.25) is 9.69 Å². The van der Waals surface area contributed by atoms with Crippen molar-refractivity contribution in [3.05, 3.63) is 53.6 Å². The van der Waals surface area contributed by atoms with Crippen LogP contribution in [-0.2, 0) is 4.79 Å². The number of thioether (sulfide) groups is 1. The van der Waals surface area contributed by atoms with Crippen LogP contribution in [0.5, 0.6) is 0 Å². The molecule has 0 saturated carbocycles. The molecule has 6 heteroatoms. The molecule has 0 aliphatic rings. The summed E-state index contributed by atoms with van der Waals surface area (Å²) in [4.78, 5) is 23.0. The highest BCUT2D eigenvalue weighted by atomic mass is 32.2. The molecule has 0 N–H and O–H groups in total. The summed E-state index contributed by atoms with van der Waals surface area (Å²) in [6.07, 6.45) is 0.501. The van der Waals surface area contributed by atoms with E-state index in [1.165, 1.54) is 10.5 Å². The highest BCUT2D eigenvalue weighted by molar-refractivity contribution is 7.99. The van der Waals surface area contributed by atoms with Crippen LogP contribution in [0, 0.1) is 13.8 Å². The molecule has 0 aliphatic carbocycles. The van der Waals surface area contributed by atoms with E-state index in [-0.39, 0.29) is 5.91 Å². The van der Waals surface area contributed by atoms with Crippen molar-refractivity contribution in [3.8, 4) is 0 Å². The first-order chi connectivity index (χ1) is 13.4. The minimum absolute atomic E-state index is 0.137. The molecule has 3 rings (SSSR count). The number of aryl methyl sites for hydroxylation is 2. The van der Waals surface area contributed by atoms with Gasteiger partial charge in [-0.25, -0.2) is 4.98 Å². The van der Waals surface area contributed by atoms with Crippen molar-refractivity contribution in [3.63, 3.8) is 0 Å². The normalized spacial score (nSPS) is 11.3. The Bertz CT molecular complexity index is 935. The number of hydrogen-bond acceptors (Lipinski definition) is 5. The maximum Gasteiger partial charge on any atom is 0.229 e. The number of nitrogens with zero attached hydrogens (tertiary/aromatic N) is 3. The number of aromatic nitrogens is 1. The molecule has 0 spiro atoms. The fourth-order valence-corrected chi connectivity index (χ4v) is 4.77. The van der Waals surface area contributed by atoms with Crippen molar-refractivity contribution < 1.29 is 4.79 Å². The molecule has 1 amide bonds. The second-order valence-electron chi connectivity index (χ2n) is 7.18. The monoisotopic (exact) mass is 413 g/mol. The minimum atomic E-state index is 0.137. The zero-order valence-corrected chi connectivity index (χ0v) is 18.6. The standard InChI is InChI=1S/C22H27N3OS2/c1-16-8-10-18(11-9-16)27-15-12-20(26)25(14-13-24(3)4)22-23-21-17(2)6-5-7-19(21)28-22/h5-11H,12-15H2,1-4H3. The number of fused-ring (bicyclic) bond motifs is 1. The molecule has 4 nitrogen and oxygen atoms in total. The Morgan fingerprint density at radius 2 is 1.82 bits per heavy atom. The van der Waals surface area contributed by atoms with Gasteiger partial charge in [-0.1, -0.05) is 41.2 Å². The smallest absolute Gasteiger partial charge is 0.229 e. The van der Waals surface area contributed by atoms with Gasteiger partial charge in [-0.2, -0.15) is 0 Å². The van der Waals surface area contributed by atoms with Crippen LogP contribution in [0.3, 0.4) is 0 Å². The fraction of sp³-hybridized carbons (Fsp3) is 0.364. The van der Waals surface area contributed by atoms with Crippen molar-refractivity contribution in [2.75, 3.05) is 37.8 Å². The molecule has 3 aromatic rings. The third-order valence-electron chi connectivity index (χ3n) is 4.52. The molecule has 0 saturated heterocycles. The second-order valence-corrected chi connectivity index (χ2v) is 9.36. The van der Waals surface area contributed by atoms with Gasteiger partial charge in [0.2, 0.25) is 5.91 Å². The molecular formula is C22H27N3OS2. The average molecular weight is 414 g/mol. The summed E-state index contributed by atoms with van der Waals surface area (Å²) in [6, 6.07) is 14.6. The van der Waals surface area contributed by atoms with Gasteiger partial charge in [0, 0.05) is 30.2 Å². The Balaban J connectivity index is 1.71. The van der Waals surface area contributed by atoms with E-state index in [0.29, 0.717) is 13.0 Å². The lowest BCUT2D eigenvalue weighted by molar-refractivity contribution is -0.118. The number of anilines is 1. The Morgan fingerprint density at radius 1 is 1.07 bits per heavy atom. The number of likely N-dealkylation sites (N-methyl/N-ethyl adjacent to an activating group) is 1. The molecular weight excluding hydrogens is 386 g/mol. The summed E-state index contributed by atoms with van der Waals surface area (Å²) in [5, 5.41) is 0.802. The minimum Gasteiger partial charge on any atom is -0.308 e. The molecule has 0 aliphatic heterocycles. The van der Waals surface area contributed by atoms with E-state index in [2.05, 4.69) is 55.1 Å². The maximum absolute atomic E-state index is 13.0. The zero-order valence-electron chi connectivity index (χ0n) is 16.9. The van der Waals surface area contributed by atoms with E-state index < -0.39 is 0 Å². The van der Waals surface area contributed by atoms with Crippen LogP contribution in [-0.4, -0.2) is 48.7 Å². The van der Waals surface area contributed by atoms with Crippen LogP contribution in [0.4, 0.5) is 5.13 Å². The molecule has 28 heavy (non-hydrogen) atoms. The molecule has 1 aromatic heterocycles. The number of rotatable bonds is 8.